The molecule has 1 saturated heterocycles. The largest absolute Gasteiger partial charge is 0.371 e. The van der Waals surface area contributed by atoms with Crippen molar-refractivity contribution < 1.29 is 0 Å². The van der Waals surface area contributed by atoms with Gasteiger partial charge >= 0.3 is 0 Å². The molecule has 0 unspecified atom stereocenters. The zero-order chi connectivity index (χ0) is 15.5. The van der Waals surface area contributed by atoms with Crippen molar-refractivity contribution in [3.8, 4) is 0 Å². The molecular weight excluding hydrogens is 258 g/mol. The zero-order valence-electron chi connectivity index (χ0n) is 14.4. The highest BCUT2D eigenvalue weighted by Gasteiger charge is 2.28. The number of aromatic nitrogens is 1. The second-order valence-electron chi connectivity index (χ2n) is 7.76. The molecule has 118 valence electrons. The molecule has 0 bridgehead atoms. The summed E-state index contributed by atoms with van der Waals surface area (Å²) in [7, 11) is 0. The van der Waals surface area contributed by atoms with E-state index in [0.29, 0.717) is 5.41 Å². The van der Waals surface area contributed by atoms with Crippen LogP contribution in [0.15, 0.2) is 18.3 Å². The Morgan fingerprint density at radius 1 is 1.29 bits per heavy atom. The summed E-state index contributed by atoms with van der Waals surface area (Å²) in [4.78, 5) is 7.01. The first-order valence-electron chi connectivity index (χ1n) is 8.26. The maximum atomic E-state index is 4.49. The fraction of sp³-hybridized carbons (Fsp3) is 0.722. The third kappa shape index (κ3) is 4.70. The third-order valence-corrected chi connectivity index (χ3v) is 4.79. The minimum absolute atomic E-state index is 0.131. The van der Waals surface area contributed by atoms with Crippen LogP contribution in [0.4, 0.5) is 5.69 Å². The lowest BCUT2D eigenvalue weighted by Crippen LogP contribution is -2.38. The summed E-state index contributed by atoms with van der Waals surface area (Å²) >= 11 is 0. The summed E-state index contributed by atoms with van der Waals surface area (Å²) in [5, 5.41) is 3.51. The third-order valence-electron chi connectivity index (χ3n) is 4.79. The molecule has 0 spiro atoms. The van der Waals surface area contributed by atoms with Gasteiger partial charge in [-0.2, -0.15) is 0 Å². The van der Waals surface area contributed by atoms with Gasteiger partial charge in [0.25, 0.3) is 0 Å². The van der Waals surface area contributed by atoms with E-state index >= 15 is 0 Å². The minimum atomic E-state index is 0.131. The van der Waals surface area contributed by atoms with Gasteiger partial charge in [0.1, 0.15) is 0 Å². The van der Waals surface area contributed by atoms with Crippen LogP contribution in [0.25, 0.3) is 0 Å². The van der Waals surface area contributed by atoms with E-state index < -0.39 is 0 Å². The molecule has 0 amide bonds. The number of hydrogen-bond acceptors (Lipinski definition) is 3. The van der Waals surface area contributed by atoms with Gasteiger partial charge < -0.3 is 10.2 Å². The summed E-state index contributed by atoms with van der Waals surface area (Å²) in [6, 6.07) is 4.39. The van der Waals surface area contributed by atoms with Crippen molar-refractivity contribution in [1.82, 2.24) is 10.3 Å². The number of anilines is 1. The number of hydrogen-bond donors (Lipinski definition) is 1. The molecular formula is C18H31N3. The van der Waals surface area contributed by atoms with Gasteiger partial charge in [-0.15, -0.1) is 0 Å². The van der Waals surface area contributed by atoms with E-state index in [2.05, 4.69) is 62.0 Å². The molecule has 1 N–H and O–H groups in total. The maximum Gasteiger partial charge on any atom is 0.0562 e. The molecule has 1 aliphatic rings. The van der Waals surface area contributed by atoms with Gasteiger partial charge in [-0.05, 0) is 51.2 Å². The molecule has 21 heavy (non-hydrogen) atoms. The summed E-state index contributed by atoms with van der Waals surface area (Å²) < 4.78 is 0. The number of pyridine rings is 1. The molecule has 0 aliphatic carbocycles. The van der Waals surface area contributed by atoms with Crippen LogP contribution in [0, 0.1) is 5.41 Å². The van der Waals surface area contributed by atoms with Gasteiger partial charge in [-0.3, -0.25) is 4.98 Å². The van der Waals surface area contributed by atoms with Crippen molar-refractivity contribution in [3.05, 3.63) is 24.0 Å². The summed E-state index contributed by atoms with van der Waals surface area (Å²) in [5.41, 5.74) is 3.13. The van der Waals surface area contributed by atoms with Crippen LogP contribution in [-0.4, -0.2) is 23.6 Å². The van der Waals surface area contributed by atoms with Crippen molar-refractivity contribution in [3.63, 3.8) is 0 Å². The van der Waals surface area contributed by atoms with Gasteiger partial charge in [0, 0.05) is 37.1 Å². The van der Waals surface area contributed by atoms with Crippen LogP contribution in [0.3, 0.4) is 0 Å². The zero-order valence-corrected chi connectivity index (χ0v) is 14.4. The van der Waals surface area contributed by atoms with Gasteiger partial charge in [0.05, 0.1) is 5.69 Å². The minimum Gasteiger partial charge on any atom is -0.371 e. The average molecular weight is 289 g/mol. The lowest BCUT2D eigenvalue weighted by atomic mass is 9.78. The predicted octanol–water partition coefficient (Wildman–Crippen LogP) is 3.99. The monoisotopic (exact) mass is 289 g/mol. The molecule has 1 aromatic rings. The summed E-state index contributed by atoms with van der Waals surface area (Å²) in [5.74, 6) is 0. The van der Waals surface area contributed by atoms with Crippen LogP contribution in [0.5, 0.6) is 0 Å². The van der Waals surface area contributed by atoms with Gasteiger partial charge in [-0.1, -0.05) is 20.3 Å². The first kappa shape index (κ1) is 16.3. The Morgan fingerprint density at radius 2 is 1.95 bits per heavy atom. The van der Waals surface area contributed by atoms with Crippen LogP contribution in [0.2, 0.25) is 0 Å². The van der Waals surface area contributed by atoms with Crippen molar-refractivity contribution in [2.24, 2.45) is 5.41 Å². The van der Waals surface area contributed by atoms with Crippen molar-refractivity contribution in [1.29, 1.82) is 0 Å². The Labute approximate surface area is 130 Å². The molecule has 1 aromatic heterocycles. The molecule has 0 aromatic carbocycles. The lowest BCUT2D eigenvalue weighted by molar-refractivity contribution is 0.238. The van der Waals surface area contributed by atoms with E-state index in [4.69, 9.17) is 0 Å². The van der Waals surface area contributed by atoms with E-state index in [1.54, 1.807) is 0 Å². The maximum absolute atomic E-state index is 4.49. The van der Waals surface area contributed by atoms with E-state index in [1.165, 1.54) is 38.0 Å². The SMILES string of the molecule is CCC1(C)CCN(c2ccnc(CNC(C)(C)C)c2)CC1. The lowest BCUT2D eigenvalue weighted by Gasteiger charge is -2.40. The highest BCUT2D eigenvalue weighted by Crippen LogP contribution is 2.35. The first-order chi connectivity index (χ1) is 9.81. The van der Waals surface area contributed by atoms with E-state index in [1.807, 2.05) is 6.20 Å². The predicted molar refractivity (Wildman–Crippen MR) is 90.7 cm³/mol. The van der Waals surface area contributed by atoms with Crippen molar-refractivity contribution >= 4 is 5.69 Å². The van der Waals surface area contributed by atoms with Crippen LogP contribution in [0.1, 0.15) is 59.6 Å². The smallest absolute Gasteiger partial charge is 0.0562 e. The van der Waals surface area contributed by atoms with Crippen LogP contribution < -0.4 is 10.2 Å². The Kier molecular flexibility index (Phi) is 4.92. The average Bonchev–Trinajstić information content (AvgIpc) is 2.46. The molecule has 2 heterocycles. The van der Waals surface area contributed by atoms with E-state index in [9.17, 15) is 0 Å². The normalized spacial score (nSPS) is 18.8. The summed E-state index contributed by atoms with van der Waals surface area (Å²) in [6.07, 6.45) is 5.82. The highest BCUT2D eigenvalue weighted by molar-refractivity contribution is 5.47. The van der Waals surface area contributed by atoms with Crippen molar-refractivity contribution in [2.45, 2.75) is 66.0 Å². The molecule has 3 nitrogen and oxygen atoms in total. The molecule has 3 heteroatoms. The van der Waals surface area contributed by atoms with Gasteiger partial charge in [-0.25, -0.2) is 0 Å². The molecule has 1 fully saturated rings. The van der Waals surface area contributed by atoms with E-state index in [-0.39, 0.29) is 5.54 Å². The standard InChI is InChI=1S/C18H31N3/c1-6-18(5)8-11-21(12-9-18)16-7-10-19-15(13-16)14-20-17(2,3)4/h7,10,13,20H,6,8-9,11-12,14H2,1-5H3. The Morgan fingerprint density at radius 3 is 2.52 bits per heavy atom. The number of piperidine rings is 1. The molecule has 0 atom stereocenters. The van der Waals surface area contributed by atoms with Crippen molar-refractivity contribution in [2.75, 3.05) is 18.0 Å². The summed E-state index contributed by atoms with van der Waals surface area (Å²) in [6.45, 7) is 14.5. The van der Waals surface area contributed by atoms with Crippen LogP contribution in [-0.2, 0) is 6.54 Å². The molecule has 0 saturated carbocycles. The highest BCUT2D eigenvalue weighted by atomic mass is 15.1. The quantitative estimate of drug-likeness (QED) is 0.908. The Hall–Kier alpha value is -1.09. The van der Waals surface area contributed by atoms with E-state index in [0.717, 1.165) is 12.2 Å². The van der Waals surface area contributed by atoms with Crippen LogP contribution >= 0.6 is 0 Å². The first-order valence-corrected chi connectivity index (χ1v) is 8.26. The number of nitrogens with one attached hydrogen (secondary N) is 1. The van der Waals surface area contributed by atoms with Gasteiger partial charge in [0.2, 0.25) is 0 Å². The fourth-order valence-corrected chi connectivity index (χ4v) is 2.77. The Balaban J connectivity index is 1.98. The second kappa shape index (κ2) is 6.35. The second-order valence-corrected chi connectivity index (χ2v) is 7.76. The number of nitrogens with zero attached hydrogens (tertiary/aromatic N) is 2. The van der Waals surface area contributed by atoms with Gasteiger partial charge in [0.15, 0.2) is 0 Å². The molecule has 2 rings (SSSR count). The Bertz CT molecular complexity index is 454. The molecule has 1 aliphatic heterocycles. The topological polar surface area (TPSA) is 28.2 Å². The fourth-order valence-electron chi connectivity index (χ4n) is 2.77. The number of rotatable bonds is 4. The molecule has 0 radical (unpaired) electrons.